The van der Waals surface area contributed by atoms with Crippen molar-refractivity contribution in [1.29, 1.82) is 0 Å². The molecule has 0 unspecified atom stereocenters. The molecular formula is C21H17N5O3. The summed E-state index contributed by atoms with van der Waals surface area (Å²) in [5, 5.41) is 7.34. The van der Waals surface area contributed by atoms with Gasteiger partial charge in [0.15, 0.2) is 0 Å². The van der Waals surface area contributed by atoms with E-state index in [1.54, 1.807) is 12.1 Å². The molecule has 0 aliphatic rings. The van der Waals surface area contributed by atoms with Gasteiger partial charge in [0.25, 0.3) is 0 Å². The second kappa shape index (κ2) is 8.22. The maximum atomic E-state index is 12.2. The minimum atomic E-state index is -0.499. The molecular weight excluding hydrogens is 370 g/mol. The van der Waals surface area contributed by atoms with Crippen LogP contribution in [0.1, 0.15) is 0 Å². The molecule has 0 fully saturated rings. The van der Waals surface area contributed by atoms with Gasteiger partial charge in [-0.1, -0.05) is 48.5 Å². The van der Waals surface area contributed by atoms with Crippen LogP contribution in [0.2, 0.25) is 0 Å². The quantitative estimate of drug-likeness (QED) is 0.524. The van der Waals surface area contributed by atoms with E-state index >= 15 is 0 Å². The van der Waals surface area contributed by atoms with Crippen LogP contribution in [0, 0.1) is 0 Å². The fourth-order valence-corrected chi connectivity index (χ4v) is 2.65. The van der Waals surface area contributed by atoms with E-state index in [4.69, 9.17) is 9.47 Å². The molecule has 4 aromatic rings. The van der Waals surface area contributed by atoms with Gasteiger partial charge in [-0.2, -0.15) is 9.97 Å². The number of aromatic nitrogens is 3. The maximum absolute atomic E-state index is 12.2. The van der Waals surface area contributed by atoms with Gasteiger partial charge in [-0.25, -0.2) is 4.79 Å². The van der Waals surface area contributed by atoms with Crippen molar-refractivity contribution in [2.45, 2.75) is 0 Å². The Balaban J connectivity index is 1.53. The van der Waals surface area contributed by atoms with Crippen LogP contribution in [0.3, 0.4) is 0 Å². The number of fused-ring (bicyclic) bond motifs is 1. The number of hydrogen-bond donors (Lipinski definition) is 2. The third-order valence-electron chi connectivity index (χ3n) is 3.96. The number of para-hydroxylation sites is 1. The Hall–Kier alpha value is -4.20. The van der Waals surface area contributed by atoms with E-state index in [0.29, 0.717) is 11.4 Å². The van der Waals surface area contributed by atoms with Crippen molar-refractivity contribution in [1.82, 2.24) is 15.0 Å². The molecule has 2 amide bonds. The number of amides is 2. The smallest absolute Gasteiger partial charge is 0.330 e. The Morgan fingerprint density at radius 2 is 1.52 bits per heavy atom. The second-order valence-corrected chi connectivity index (χ2v) is 5.98. The first-order valence-corrected chi connectivity index (χ1v) is 8.79. The standard InChI is InChI=1S/C21H17N5O3/c1-28-20-24-18(23-19(27)22-16-9-3-2-4-10-16)25-21(26-20)29-17-12-11-14-7-5-6-8-15(14)13-17/h2-13H,1H3,(H2,22,23,24,25,26,27). The molecule has 0 bridgehead atoms. The number of benzene rings is 3. The number of nitrogens with one attached hydrogen (secondary N) is 2. The minimum Gasteiger partial charge on any atom is -0.467 e. The maximum Gasteiger partial charge on any atom is 0.330 e. The monoisotopic (exact) mass is 387 g/mol. The predicted molar refractivity (Wildman–Crippen MR) is 109 cm³/mol. The largest absolute Gasteiger partial charge is 0.467 e. The summed E-state index contributed by atoms with van der Waals surface area (Å²) in [6.07, 6.45) is 0. The van der Waals surface area contributed by atoms with Crippen LogP contribution in [0.4, 0.5) is 16.4 Å². The third-order valence-corrected chi connectivity index (χ3v) is 3.96. The lowest BCUT2D eigenvalue weighted by Gasteiger charge is -2.09. The van der Waals surface area contributed by atoms with Crippen molar-refractivity contribution in [2.75, 3.05) is 17.7 Å². The average Bonchev–Trinajstić information content (AvgIpc) is 2.74. The van der Waals surface area contributed by atoms with Gasteiger partial charge in [0.1, 0.15) is 5.75 Å². The van der Waals surface area contributed by atoms with E-state index in [0.717, 1.165) is 10.8 Å². The highest BCUT2D eigenvalue weighted by Crippen LogP contribution is 2.25. The first kappa shape index (κ1) is 18.2. The normalized spacial score (nSPS) is 10.4. The zero-order valence-corrected chi connectivity index (χ0v) is 15.5. The summed E-state index contributed by atoms with van der Waals surface area (Å²) in [4.78, 5) is 24.4. The summed E-state index contributed by atoms with van der Waals surface area (Å²) in [6.45, 7) is 0. The highest BCUT2D eigenvalue weighted by molar-refractivity contribution is 5.98. The van der Waals surface area contributed by atoms with Gasteiger partial charge in [0.05, 0.1) is 7.11 Å². The SMILES string of the molecule is COc1nc(NC(=O)Nc2ccccc2)nc(Oc2ccc3ccccc3c2)n1. The van der Waals surface area contributed by atoms with E-state index in [-0.39, 0.29) is 18.0 Å². The summed E-state index contributed by atoms with van der Waals surface area (Å²) >= 11 is 0. The lowest BCUT2D eigenvalue weighted by molar-refractivity contribution is 0.262. The van der Waals surface area contributed by atoms with Crippen LogP contribution < -0.4 is 20.1 Å². The minimum absolute atomic E-state index is 0.000991. The number of anilines is 2. The molecule has 0 aliphatic carbocycles. The first-order valence-electron chi connectivity index (χ1n) is 8.79. The van der Waals surface area contributed by atoms with Gasteiger partial charge >= 0.3 is 18.1 Å². The highest BCUT2D eigenvalue weighted by atomic mass is 16.5. The van der Waals surface area contributed by atoms with Gasteiger partial charge in [0.2, 0.25) is 5.95 Å². The molecule has 1 heterocycles. The van der Waals surface area contributed by atoms with Crippen molar-refractivity contribution >= 4 is 28.4 Å². The van der Waals surface area contributed by atoms with Crippen molar-refractivity contribution in [3.63, 3.8) is 0 Å². The first-order chi connectivity index (χ1) is 14.2. The van der Waals surface area contributed by atoms with Gasteiger partial charge in [0, 0.05) is 5.69 Å². The number of methoxy groups -OCH3 is 1. The molecule has 0 aliphatic heterocycles. The predicted octanol–water partition coefficient (Wildman–Crippen LogP) is 4.47. The highest BCUT2D eigenvalue weighted by Gasteiger charge is 2.12. The molecule has 144 valence electrons. The Bertz CT molecular complexity index is 1150. The van der Waals surface area contributed by atoms with Crippen LogP contribution in [-0.4, -0.2) is 28.1 Å². The fourth-order valence-electron chi connectivity index (χ4n) is 2.65. The van der Waals surface area contributed by atoms with Crippen LogP contribution in [0.15, 0.2) is 72.8 Å². The molecule has 8 heteroatoms. The lowest BCUT2D eigenvalue weighted by atomic mass is 10.1. The summed E-state index contributed by atoms with van der Waals surface area (Å²) in [6, 6.07) is 22.1. The van der Waals surface area contributed by atoms with E-state index < -0.39 is 6.03 Å². The van der Waals surface area contributed by atoms with Crippen LogP contribution >= 0.6 is 0 Å². The molecule has 4 rings (SSSR count). The molecule has 1 aromatic heterocycles. The Kier molecular flexibility index (Phi) is 5.15. The molecule has 29 heavy (non-hydrogen) atoms. The molecule has 2 N–H and O–H groups in total. The number of hydrogen-bond acceptors (Lipinski definition) is 6. The van der Waals surface area contributed by atoms with Gasteiger partial charge in [-0.3, -0.25) is 5.32 Å². The summed E-state index contributed by atoms with van der Waals surface area (Å²) < 4.78 is 10.8. The molecule has 0 saturated carbocycles. The van der Waals surface area contributed by atoms with Crippen LogP contribution in [0.5, 0.6) is 17.8 Å². The van der Waals surface area contributed by atoms with Crippen LogP contribution in [0.25, 0.3) is 10.8 Å². The zero-order valence-electron chi connectivity index (χ0n) is 15.5. The van der Waals surface area contributed by atoms with Crippen molar-refractivity contribution in [3.8, 4) is 17.8 Å². The molecule has 0 radical (unpaired) electrons. The molecule has 3 aromatic carbocycles. The fraction of sp³-hybridized carbons (Fsp3) is 0.0476. The number of carbonyl (C=O) groups is 1. The number of carbonyl (C=O) groups excluding carboxylic acids is 1. The second-order valence-electron chi connectivity index (χ2n) is 5.98. The van der Waals surface area contributed by atoms with Crippen molar-refractivity contribution in [2.24, 2.45) is 0 Å². The van der Waals surface area contributed by atoms with E-state index in [2.05, 4.69) is 25.6 Å². The Morgan fingerprint density at radius 3 is 2.31 bits per heavy atom. The summed E-state index contributed by atoms with van der Waals surface area (Å²) in [5.74, 6) is 0.553. The molecule has 8 nitrogen and oxygen atoms in total. The van der Waals surface area contributed by atoms with E-state index in [9.17, 15) is 4.79 Å². The van der Waals surface area contributed by atoms with Crippen molar-refractivity contribution < 1.29 is 14.3 Å². The number of ether oxygens (including phenoxy) is 2. The number of urea groups is 1. The Labute approximate surface area is 166 Å². The summed E-state index contributed by atoms with van der Waals surface area (Å²) in [5.41, 5.74) is 0.638. The number of nitrogens with zero attached hydrogens (tertiary/aromatic N) is 3. The van der Waals surface area contributed by atoms with Gasteiger partial charge in [-0.15, -0.1) is 4.98 Å². The number of rotatable bonds is 5. The topological polar surface area (TPSA) is 98.3 Å². The van der Waals surface area contributed by atoms with Gasteiger partial charge in [-0.05, 0) is 35.0 Å². The third kappa shape index (κ3) is 4.56. The molecule has 0 spiro atoms. The molecule has 0 atom stereocenters. The lowest BCUT2D eigenvalue weighted by Crippen LogP contribution is -2.21. The zero-order chi connectivity index (χ0) is 20.1. The van der Waals surface area contributed by atoms with Crippen LogP contribution in [-0.2, 0) is 0 Å². The Morgan fingerprint density at radius 1 is 0.793 bits per heavy atom. The van der Waals surface area contributed by atoms with Crippen molar-refractivity contribution in [3.05, 3.63) is 72.8 Å². The molecule has 0 saturated heterocycles. The van der Waals surface area contributed by atoms with E-state index in [1.807, 2.05) is 60.7 Å². The van der Waals surface area contributed by atoms with Gasteiger partial charge < -0.3 is 14.8 Å². The van der Waals surface area contributed by atoms with E-state index in [1.165, 1.54) is 7.11 Å². The average molecular weight is 387 g/mol. The summed E-state index contributed by atoms with van der Waals surface area (Å²) in [7, 11) is 1.42.